The van der Waals surface area contributed by atoms with Gasteiger partial charge in [-0.2, -0.15) is 0 Å². The van der Waals surface area contributed by atoms with Crippen molar-refractivity contribution in [1.82, 2.24) is 9.97 Å². The molecule has 0 saturated heterocycles. The van der Waals surface area contributed by atoms with Crippen molar-refractivity contribution in [3.63, 3.8) is 0 Å². The number of nitrogens with zero attached hydrogens (tertiary/aromatic N) is 2. The number of hydrogen-bond acceptors (Lipinski definition) is 3. The molecule has 1 heterocycles. The summed E-state index contributed by atoms with van der Waals surface area (Å²) in [5, 5.41) is 3.21. The van der Waals surface area contributed by atoms with Gasteiger partial charge in [0.1, 0.15) is 12.1 Å². The lowest BCUT2D eigenvalue weighted by molar-refractivity contribution is 0.786. The van der Waals surface area contributed by atoms with Crippen LogP contribution in [0, 0.1) is 12.3 Å². The van der Waals surface area contributed by atoms with E-state index in [1.54, 1.807) is 6.20 Å². The summed E-state index contributed by atoms with van der Waals surface area (Å²) in [6.45, 7) is 0.886. The zero-order chi connectivity index (χ0) is 10.2. The summed E-state index contributed by atoms with van der Waals surface area (Å²) in [4.78, 5) is 7.96. The van der Waals surface area contributed by atoms with Crippen LogP contribution in [0.4, 0.5) is 5.82 Å². The number of halogens is 1. The summed E-state index contributed by atoms with van der Waals surface area (Å²) < 4.78 is 0.886. The molecule has 0 saturated carbocycles. The Labute approximate surface area is 92.5 Å². The second kappa shape index (κ2) is 6.39. The standard InChI is InChI=1S/C10H12BrN3/c1-2-3-4-5-6-13-10-9(11)7-12-8-14-10/h1,7-8H,3-6H2,(H,12,13,14). The average Bonchev–Trinajstić information content (AvgIpc) is 2.20. The molecule has 1 rings (SSSR count). The molecule has 14 heavy (non-hydrogen) atoms. The second-order valence-corrected chi connectivity index (χ2v) is 3.66. The quantitative estimate of drug-likeness (QED) is 0.647. The first-order valence-electron chi connectivity index (χ1n) is 4.47. The molecule has 0 aliphatic carbocycles. The third kappa shape index (κ3) is 3.75. The molecule has 1 aromatic rings. The van der Waals surface area contributed by atoms with E-state index >= 15 is 0 Å². The Morgan fingerprint density at radius 3 is 3.07 bits per heavy atom. The highest BCUT2D eigenvalue weighted by Gasteiger charge is 1.98. The molecule has 0 radical (unpaired) electrons. The zero-order valence-electron chi connectivity index (χ0n) is 7.83. The minimum atomic E-state index is 0.834. The van der Waals surface area contributed by atoms with Crippen LogP contribution in [0.3, 0.4) is 0 Å². The third-order valence-corrected chi connectivity index (χ3v) is 2.29. The van der Waals surface area contributed by atoms with Crippen LogP contribution in [0.5, 0.6) is 0 Å². The van der Waals surface area contributed by atoms with Gasteiger partial charge in [-0.3, -0.25) is 0 Å². The fraction of sp³-hybridized carbons (Fsp3) is 0.400. The smallest absolute Gasteiger partial charge is 0.143 e. The van der Waals surface area contributed by atoms with Gasteiger partial charge >= 0.3 is 0 Å². The number of aromatic nitrogens is 2. The summed E-state index contributed by atoms with van der Waals surface area (Å²) in [6.07, 6.45) is 11.3. The summed E-state index contributed by atoms with van der Waals surface area (Å²) >= 11 is 3.36. The topological polar surface area (TPSA) is 37.8 Å². The molecule has 0 spiro atoms. The minimum Gasteiger partial charge on any atom is -0.369 e. The Morgan fingerprint density at radius 1 is 1.50 bits per heavy atom. The van der Waals surface area contributed by atoms with Crippen molar-refractivity contribution < 1.29 is 0 Å². The number of nitrogens with one attached hydrogen (secondary N) is 1. The fourth-order valence-corrected chi connectivity index (χ4v) is 1.36. The molecule has 0 aliphatic rings. The van der Waals surface area contributed by atoms with Crippen LogP contribution < -0.4 is 5.32 Å². The molecular weight excluding hydrogens is 242 g/mol. The maximum Gasteiger partial charge on any atom is 0.143 e. The largest absolute Gasteiger partial charge is 0.369 e. The van der Waals surface area contributed by atoms with E-state index in [4.69, 9.17) is 6.42 Å². The molecule has 0 atom stereocenters. The monoisotopic (exact) mass is 253 g/mol. The molecule has 1 aromatic heterocycles. The first-order valence-corrected chi connectivity index (χ1v) is 5.26. The average molecular weight is 254 g/mol. The van der Waals surface area contributed by atoms with E-state index in [1.807, 2.05) is 0 Å². The molecule has 4 heteroatoms. The maximum atomic E-state index is 5.15. The summed E-state index contributed by atoms with van der Waals surface area (Å²) in [7, 11) is 0. The first kappa shape index (κ1) is 11.0. The lowest BCUT2D eigenvalue weighted by Gasteiger charge is -2.05. The highest BCUT2D eigenvalue weighted by molar-refractivity contribution is 9.10. The Balaban J connectivity index is 2.25. The Kier molecular flexibility index (Phi) is 5.02. The fourth-order valence-electron chi connectivity index (χ4n) is 1.00. The summed E-state index contributed by atoms with van der Waals surface area (Å²) in [5.41, 5.74) is 0. The van der Waals surface area contributed by atoms with Gasteiger partial charge in [0.15, 0.2) is 0 Å². The van der Waals surface area contributed by atoms with Crippen LogP contribution in [0.15, 0.2) is 17.0 Å². The van der Waals surface area contributed by atoms with Crippen LogP contribution in [0.25, 0.3) is 0 Å². The van der Waals surface area contributed by atoms with Crippen molar-refractivity contribution in [2.24, 2.45) is 0 Å². The molecule has 1 N–H and O–H groups in total. The van der Waals surface area contributed by atoms with Gasteiger partial charge < -0.3 is 5.32 Å². The van der Waals surface area contributed by atoms with Crippen molar-refractivity contribution >= 4 is 21.7 Å². The van der Waals surface area contributed by atoms with E-state index in [9.17, 15) is 0 Å². The highest BCUT2D eigenvalue weighted by atomic mass is 79.9. The Hall–Kier alpha value is -1.08. The molecule has 0 fully saturated rings. The lowest BCUT2D eigenvalue weighted by Crippen LogP contribution is -2.03. The van der Waals surface area contributed by atoms with Crippen molar-refractivity contribution in [2.45, 2.75) is 19.3 Å². The molecule has 0 aromatic carbocycles. The van der Waals surface area contributed by atoms with E-state index in [0.717, 1.165) is 36.1 Å². The number of unbranched alkanes of at least 4 members (excludes halogenated alkanes) is 2. The number of rotatable bonds is 5. The van der Waals surface area contributed by atoms with Crippen molar-refractivity contribution in [2.75, 3.05) is 11.9 Å². The predicted octanol–water partition coefficient (Wildman–Crippen LogP) is 2.45. The van der Waals surface area contributed by atoms with Crippen LogP contribution in [0.1, 0.15) is 19.3 Å². The molecule has 3 nitrogen and oxygen atoms in total. The van der Waals surface area contributed by atoms with Crippen LogP contribution in [-0.2, 0) is 0 Å². The molecule has 0 bridgehead atoms. The summed E-state index contributed by atoms with van der Waals surface area (Å²) in [5.74, 6) is 3.45. The van der Waals surface area contributed by atoms with Crippen LogP contribution in [-0.4, -0.2) is 16.5 Å². The minimum absolute atomic E-state index is 0.834. The predicted molar refractivity (Wildman–Crippen MR) is 60.9 cm³/mol. The van der Waals surface area contributed by atoms with Gasteiger partial charge in [-0.05, 0) is 28.8 Å². The first-order chi connectivity index (χ1) is 6.84. The van der Waals surface area contributed by atoms with Gasteiger partial charge in [0.05, 0.1) is 4.47 Å². The van der Waals surface area contributed by atoms with Gasteiger partial charge in [0.25, 0.3) is 0 Å². The van der Waals surface area contributed by atoms with E-state index in [0.29, 0.717) is 0 Å². The van der Waals surface area contributed by atoms with Gasteiger partial charge in [-0.1, -0.05) is 0 Å². The maximum absolute atomic E-state index is 5.15. The van der Waals surface area contributed by atoms with Crippen molar-refractivity contribution in [1.29, 1.82) is 0 Å². The Bertz CT molecular complexity index is 319. The Morgan fingerprint density at radius 2 is 2.36 bits per heavy atom. The number of terminal acetylenes is 1. The molecule has 0 amide bonds. The van der Waals surface area contributed by atoms with E-state index in [-0.39, 0.29) is 0 Å². The van der Waals surface area contributed by atoms with Gasteiger partial charge in [0, 0.05) is 19.2 Å². The van der Waals surface area contributed by atoms with Gasteiger partial charge in [-0.15, -0.1) is 12.3 Å². The van der Waals surface area contributed by atoms with E-state index in [2.05, 4.69) is 37.1 Å². The van der Waals surface area contributed by atoms with Gasteiger partial charge in [0.2, 0.25) is 0 Å². The SMILES string of the molecule is C#CCCCCNc1ncncc1Br. The van der Waals surface area contributed by atoms with Crippen LogP contribution in [0.2, 0.25) is 0 Å². The highest BCUT2D eigenvalue weighted by Crippen LogP contribution is 2.16. The zero-order valence-corrected chi connectivity index (χ0v) is 9.42. The second-order valence-electron chi connectivity index (χ2n) is 2.81. The van der Waals surface area contributed by atoms with E-state index in [1.165, 1.54) is 6.33 Å². The number of anilines is 1. The lowest BCUT2D eigenvalue weighted by atomic mass is 10.2. The van der Waals surface area contributed by atoms with Crippen molar-refractivity contribution in [3.8, 4) is 12.3 Å². The van der Waals surface area contributed by atoms with E-state index < -0.39 is 0 Å². The van der Waals surface area contributed by atoms with Crippen molar-refractivity contribution in [3.05, 3.63) is 17.0 Å². The van der Waals surface area contributed by atoms with Crippen LogP contribution >= 0.6 is 15.9 Å². The molecule has 0 unspecified atom stereocenters. The normalized spacial score (nSPS) is 9.43. The third-order valence-electron chi connectivity index (χ3n) is 1.71. The summed E-state index contributed by atoms with van der Waals surface area (Å²) in [6, 6.07) is 0. The molecule has 74 valence electrons. The molecular formula is C10H12BrN3. The molecule has 0 aliphatic heterocycles. The number of hydrogen-bond donors (Lipinski definition) is 1. The van der Waals surface area contributed by atoms with Gasteiger partial charge in [-0.25, -0.2) is 9.97 Å².